The zero-order valence-electron chi connectivity index (χ0n) is 30.1. The minimum absolute atomic E-state index is 0.709. The molecule has 45 heavy (non-hydrogen) atoms. The Morgan fingerprint density at radius 3 is 0.867 bits per heavy atom. The first-order chi connectivity index (χ1) is 21.1. The lowest BCUT2D eigenvalue weighted by Gasteiger charge is -2.42. The summed E-state index contributed by atoms with van der Waals surface area (Å²) in [4.78, 5) is 0. The maximum atomic E-state index is 5.23. The van der Waals surface area contributed by atoms with Crippen LogP contribution in [0.3, 0.4) is 0 Å². The molecular weight excluding hydrogens is 616 g/mol. The Hall–Kier alpha value is 0.160. The Morgan fingerprint density at radius 2 is 0.622 bits per heavy atom. The molecule has 4 heterocycles. The van der Waals surface area contributed by atoms with E-state index >= 15 is 0 Å². The Morgan fingerprint density at radius 1 is 0.400 bits per heavy atom. The van der Waals surface area contributed by atoms with Gasteiger partial charge in [0.25, 0.3) is 0 Å². The predicted octanol–water partition coefficient (Wildman–Crippen LogP) is 11.3. The van der Waals surface area contributed by atoms with Crippen LogP contribution in [0.15, 0.2) is 36.4 Å². The van der Waals surface area contributed by atoms with E-state index in [1.165, 1.54) is 62.5 Å². The van der Waals surface area contributed by atoms with Gasteiger partial charge >= 0.3 is 0 Å². The summed E-state index contributed by atoms with van der Waals surface area (Å²) in [6.45, 7) is 40.9. The second-order valence-corrected chi connectivity index (χ2v) is 33.1. The van der Waals surface area contributed by atoms with E-state index in [-0.39, 0.29) is 0 Å². The van der Waals surface area contributed by atoms with Crippen LogP contribution >= 0.6 is 29.0 Å². The first-order valence-electron chi connectivity index (χ1n) is 18.3. The van der Waals surface area contributed by atoms with Crippen LogP contribution in [-0.2, 0) is 6.42 Å². The summed E-state index contributed by atoms with van der Waals surface area (Å²) in [5, 5.41) is 6.67. The Bertz CT molecular complexity index is 1260. The molecular formula is C41H64P4. The first kappa shape index (κ1) is 35.0. The van der Waals surface area contributed by atoms with Gasteiger partial charge in [-0.25, -0.2) is 0 Å². The molecule has 0 amide bonds. The van der Waals surface area contributed by atoms with E-state index in [1.54, 1.807) is 21.2 Å². The first-order valence-corrected chi connectivity index (χ1v) is 26.7. The van der Waals surface area contributed by atoms with E-state index in [0.29, 0.717) is 22.6 Å². The molecule has 248 valence electrons. The van der Waals surface area contributed by atoms with Gasteiger partial charge in [0, 0.05) is 45.3 Å². The van der Waals surface area contributed by atoms with Crippen molar-refractivity contribution >= 4 is 50.3 Å². The summed E-state index contributed by atoms with van der Waals surface area (Å²) >= 11 is 0. The third-order valence-corrected chi connectivity index (χ3v) is 34.7. The molecule has 0 radical (unpaired) electrons. The van der Waals surface area contributed by atoms with Crippen LogP contribution in [0.25, 0.3) is 0 Å². The highest BCUT2D eigenvalue weighted by atomic mass is 31.2. The third kappa shape index (κ3) is 5.26. The molecule has 8 atom stereocenters. The molecule has 2 aromatic rings. The lowest BCUT2D eigenvalue weighted by atomic mass is 10.1. The minimum atomic E-state index is -1.54. The molecule has 0 saturated carbocycles. The zero-order valence-corrected chi connectivity index (χ0v) is 33.6. The van der Waals surface area contributed by atoms with Crippen molar-refractivity contribution in [1.29, 1.82) is 0 Å². The van der Waals surface area contributed by atoms with E-state index in [0.717, 1.165) is 29.1 Å². The van der Waals surface area contributed by atoms with Crippen LogP contribution in [-0.4, -0.2) is 45.3 Å². The number of hydrogen-bond acceptors (Lipinski definition) is 0. The highest BCUT2D eigenvalue weighted by Crippen LogP contribution is 2.77. The summed E-state index contributed by atoms with van der Waals surface area (Å²) < 4.78 is 0. The van der Waals surface area contributed by atoms with Gasteiger partial charge in [-0.05, 0) is 149 Å². The van der Waals surface area contributed by atoms with Gasteiger partial charge in [-0.3, -0.25) is 0 Å². The number of benzene rings is 2. The van der Waals surface area contributed by atoms with E-state index in [2.05, 4.69) is 91.8 Å². The van der Waals surface area contributed by atoms with Gasteiger partial charge in [-0.2, -0.15) is 26.7 Å². The van der Waals surface area contributed by atoms with Gasteiger partial charge in [0.05, 0.1) is 0 Å². The summed E-state index contributed by atoms with van der Waals surface area (Å²) in [6.07, 6.45) is 11.7. The predicted molar refractivity (Wildman–Crippen MR) is 216 cm³/mol. The largest absolute Gasteiger partial charge is 0.174 e. The standard InChI is InChI=1S/C41H64P4/c1-28-13-14-29(2)42(28,9)38-23-21-36(26-40(38)44(11)32(5)17-18-33(44)6)25-37-22-24-39(43(10)30(3)15-16-31(43)4)41(27-37)45(12)34(7)19-20-35(45)8/h21-24,26-35H,9-20,25H2,1-8H3/t28-,29-,30+,31+,32-,33-,34+,35+. The van der Waals surface area contributed by atoms with Gasteiger partial charge in [0.2, 0.25) is 0 Å². The van der Waals surface area contributed by atoms with Crippen molar-refractivity contribution in [2.24, 2.45) is 0 Å². The fourth-order valence-corrected chi connectivity index (χ4v) is 28.3. The van der Waals surface area contributed by atoms with Crippen molar-refractivity contribution in [3.05, 3.63) is 74.2 Å². The summed E-state index contributed by atoms with van der Waals surface area (Å²) in [7, 11) is -6.07. The molecule has 4 aliphatic heterocycles. The smallest absolute Gasteiger partial charge is 0.104 e. The van der Waals surface area contributed by atoms with E-state index < -0.39 is 29.0 Å². The van der Waals surface area contributed by atoms with Crippen LogP contribution in [0.2, 0.25) is 0 Å². The second kappa shape index (κ2) is 12.5. The topological polar surface area (TPSA) is 0 Å². The normalized spacial score (nSPS) is 36.5. The van der Waals surface area contributed by atoms with Crippen molar-refractivity contribution in [2.45, 2.75) is 158 Å². The van der Waals surface area contributed by atoms with Crippen LogP contribution < -0.4 is 21.2 Å². The molecule has 2 aromatic carbocycles. The van der Waals surface area contributed by atoms with Gasteiger partial charge in [-0.15, -0.1) is 0 Å². The Balaban J connectivity index is 1.47. The van der Waals surface area contributed by atoms with Crippen molar-refractivity contribution < 1.29 is 0 Å². The van der Waals surface area contributed by atoms with Crippen molar-refractivity contribution in [2.75, 3.05) is 0 Å². The molecule has 4 aliphatic rings. The van der Waals surface area contributed by atoms with Gasteiger partial charge in [-0.1, -0.05) is 41.2 Å². The lowest BCUT2D eigenvalue weighted by Crippen LogP contribution is -2.37. The van der Waals surface area contributed by atoms with Crippen molar-refractivity contribution in [1.82, 2.24) is 0 Å². The van der Waals surface area contributed by atoms with Crippen molar-refractivity contribution in [3.63, 3.8) is 0 Å². The average Bonchev–Trinajstić information content (AvgIpc) is 3.65. The Labute approximate surface area is 281 Å². The molecule has 0 nitrogen and oxygen atoms in total. The molecule has 0 aromatic heterocycles. The molecule has 4 saturated heterocycles. The summed E-state index contributed by atoms with van der Waals surface area (Å²) in [5.41, 5.74) is 8.69. The van der Waals surface area contributed by atoms with Gasteiger partial charge in [0.1, 0.15) is 21.2 Å². The van der Waals surface area contributed by atoms with Gasteiger partial charge in [0.15, 0.2) is 0 Å². The van der Waals surface area contributed by atoms with Gasteiger partial charge < -0.3 is 0 Å². The summed E-state index contributed by atoms with van der Waals surface area (Å²) in [6, 6.07) is 15.5. The molecule has 0 spiro atoms. The summed E-state index contributed by atoms with van der Waals surface area (Å²) in [5.74, 6) is 0. The lowest BCUT2D eigenvalue weighted by molar-refractivity contribution is 0.777. The average molecular weight is 681 g/mol. The third-order valence-electron chi connectivity index (χ3n) is 14.6. The quantitative estimate of drug-likeness (QED) is 0.210. The second-order valence-electron chi connectivity index (χ2n) is 16.6. The van der Waals surface area contributed by atoms with E-state index in [9.17, 15) is 0 Å². The van der Waals surface area contributed by atoms with Crippen LogP contribution in [0.5, 0.6) is 0 Å². The monoisotopic (exact) mass is 680 g/mol. The van der Waals surface area contributed by atoms with E-state index in [1.807, 2.05) is 0 Å². The van der Waals surface area contributed by atoms with Crippen LogP contribution in [0.1, 0.15) is 118 Å². The molecule has 4 heteroatoms. The highest BCUT2D eigenvalue weighted by Gasteiger charge is 2.54. The molecule has 0 aliphatic carbocycles. The SMILES string of the molecule is [CH2-][P+]1(c2ccc(Cc3ccc([P+]4([CH2-])[C@@H](C)CC[C@@H]4C)c([P+]4([CH2-])[C@@H](C)CC[C@@H]4C)c3)cc2[P+]2([CH2-])[C@H](C)CC[C@H]2C)[C@H](C)CC[C@H]1C. The van der Waals surface area contributed by atoms with Crippen LogP contribution in [0.4, 0.5) is 0 Å². The molecule has 0 bridgehead atoms. The van der Waals surface area contributed by atoms with Crippen molar-refractivity contribution in [3.8, 4) is 0 Å². The molecule has 6 rings (SSSR count). The number of rotatable bonds is 6. The molecule has 4 fully saturated rings. The highest BCUT2D eigenvalue weighted by molar-refractivity contribution is 7.91. The maximum absolute atomic E-state index is 5.23. The molecule has 0 unspecified atom stereocenters. The van der Waals surface area contributed by atoms with Crippen LogP contribution in [0, 0.1) is 26.7 Å². The minimum Gasteiger partial charge on any atom is -0.174 e. The Kier molecular flexibility index (Phi) is 9.71. The fraction of sp³-hybridized carbons (Fsp3) is 0.610. The zero-order chi connectivity index (χ0) is 32.7. The fourth-order valence-electron chi connectivity index (χ4n) is 10.4. The number of hydrogen-bond donors (Lipinski definition) is 0. The van der Waals surface area contributed by atoms with E-state index in [4.69, 9.17) is 26.7 Å². The molecule has 0 N–H and O–H groups in total. The maximum Gasteiger partial charge on any atom is 0.104 e.